The molecule has 4 nitrogen and oxygen atoms in total. The summed E-state index contributed by atoms with van der Waals surface area (Å²) in [6.45, 7) is 7.84. The first-order valence-corrected chi connectivity index (χ1v) is 6.89. The molecule has 104 valence electrons. The normalized spacial score (nSPS) is 45.7. The van der Waals surface area contributed by atoms with Gasteiger partial charge in [0.05, 0.1) is 12.5 Å². The molecule has 2 aliphatic carbocycles. The molecule has 0 bridgehead atoms. The van der Waals surface area contributed by atoms with Crippen LogP contribution in [0.15, 0.2) is 24.3 Å². The summed E-state index contributed by atoms with van der Waals surface area (Å²) in [4.78, 5) is 11.9. The molecule has 0 radical (unpaired) electrons. The van der Waals surface area contributed by atoms with Gasteiger partial charge in [-0.3, -0.25) is 4.79 Å². The predicted octanol–water partition coefficient (Wildman–Crippen LogP) is 1.18. The maximum Gasteiger partial charge on any atom is 0.312 e. The van der Waals surface area contributed by atoms with Gasteiger partial charge in [-0.1, -0.05) is 18.7 Å². The molecule has 1 heterocycles. The highest BCUT2D eigenvalue weighted by Crippen LogP contribution is 2.54. The minimum atomic E-state index is -1.18. The quantitative estimate of drug-likeness (QED) is 0.551. The molecule has 1 saturated heterocycles. The summed E-state index contributed by atoms with van der Waals surface area (Å²) in [6, 6.07) is 0. The Hall–Kier alpha value is -1.13. The maximum absolute atomic E-state index is 11.9. The van der Waals surface area contributed by atoms with Crippen LogP contribution in [0.5, 0.6) is 0 Å². The van der Waals surface area contributed by atoms with Crippen LogP contribution in [0.3, 0.4) is 0 Å². The Morgan fingerprint density at radius 1 is 1.32 bits per heavy atom. The van der Waals surface area contributed by atoms with Crippen LogP contribution in [0, 0.1) is 17.8 Å². The number of hydrogen-bond donors (Lipinski definition) is 2. The molecular weight excluding hydrogens is 244 g/mol. The maximum atomic E-state index is 11.9. The number of fused-ring (bicyclic) bond motifs is 3. The van der Waals surface area contributed by atoms with Crippen molar-refractivity contribution >= 4 is 5.97 Å². The molecule has 0 spiro atoms. The lowest BCUT2D eigenvalue weighted by molar-refractivity contribution is -0.154. The lowest BCUT2D eigenvalue weighted by Crippen LogP contribution is -2.49. The van der Waals surface area contributed by atoms with Crippen molar-refractivity contribution in [1.82, 2.24) is 0 Å². The number of ether oxygens (including phenoxy) is 1. The highest BCUT2D eigenvalue weighted by atomic mass is 16.6. The smallest absolute Gasteiger partial charge is 0.312 e. The van der Waals surface area contributed by atoms with E-state index in [1.54, 1.807) is 0 Å². The Balaban J connectivity index is 2.05. The first-order chi connectivity index (χ1) is 9.00. The van der Waals surface area contributed by atoms with Gasteiger partial charge in [-0.25, -0.2) is 0 Å². The predicted molar refractivity (Wildman–Crippen MR) is 69.1 cm³/mol. The number of aliphatic hydroxyl groups excluding tert-OH is 1. The van der Waals surface area contributed by atoms with Crippen LogP contribution in [-0.4, -0.2) is 34.5 Å². The highest BCUT2D eigenvalue weighted by molar-refractivity contribution is 5.76. The van der Waals surface area contributed by atoms with Gasteiger partial charge in [0.2, 0.25) is 0 Å². The van der Waals surface area contributed by atoms with E-state index >= 15 is 0 Å². The number of hydrogen-bond acceptors (Lipinski definition) is 4. The Morgan fingerprint density at radius 3 is 2.74 bits per heavy atom. The zero-order valence-electron chi connectivity index (χ0n) is 11.0. The fraction of sp³-hybridized carbons (Fsp3) is 0.667. The number of esters is 1. The van der Waals surface area contributed by atoms with E-state index in [-0.39, 0.29) is 18.4 Å². The molecule has 0 unspecified atom stereocenters. The number of carbonyl (C=O) groups is 1. The Kier molecular flexibility index (Phi) is 2.84. The van der Waals surface area contributed by atoms with Gasteiger partial charge >= 0.3 is 5.97 Å². The lowest BCUT2D eigenvalue weighted by atomic mass is 9.76. The number of aliphatic hydroxyl groups is 2. The summed E-state index contributed by atoms with van der Waals surface area (Å²) in [5, 5.41) is 20.5. The van der Waals surface area contributed by atoms with Crippen molar-refractivity contribution in [2.24, 2.45) is 17.8 Å². The standard InChI is InChI=1S/C15H20O4/c1-8-3-5-10-11(7-16)14(17)19-13(10)15(18)9(2)4-6-12(8)15/h10-13,16,18H,1-7H2/t10-,11-,12-,13-,15+/m0/s1. The van der Waals surface area contributed by atoms with Gasteiger partial charge in [0, 0.05) is 11.8 Å². The molecule has 3 rings (SSSR count). The molecule has 0 aromatic carbocycles. The van der Waals surface area contributed by atoms with Gasteiger partial charge in [0.1, 0.15) is 11.7 Å². The van der Waals surface area contributed by atoms with E-state index in [9.17, 15) is 15.0 Å². The fourth-order valence-corrected chi connectivity index (χ4v) is 4.09. The summed E-state index contributed by atoms with van der Waals surface area (Å²) in [5.74, 6) is -1.12. The SMILES string of the molecule is C=C1CC[C@H]2[C@H](CO)C(=O)O[C@@H]2[C@@]2(O)C(=C)CC[C@@H]12. The van der Waals surface area contributed by atoms with E-state index in [0.29, 0.717) is 0 Å². The topological polar surface area (TPSA) is 66.8 Å². The molecule has 2 N–H and O–H groups in total. The molecule has 1 aliphatic heterocycles. The average molecular weight is 264 g/mol. The number of carbonyl (C=O) groups excluding carboxylic acids is 1. The van der Waals surface area contributed by atoms with E-state index < -0.39 is 23.6 Å². The summed E-state index contributed by atoms with van der Waals surface area (Å²) in [5.41, 5.74) is 0.572. The third-order valence-corrected chi connectivity index (χ3v) is 5.21. The van der Waals surface area contributed by atoms with Crippen molar-refractivity contribution in [2.75, 3.05) is 6.61 Å². The lowest BCUT2D eigenvalue weighted by Gasteiger charge is -2.36. The Morgan fingerprint density at radius 2 is 2.05 bits per heavy atom. The summed E-state index contributed by atoms with van der Waals surface area (Å²) in [6.07, 6.45) is 2.49. The van der Waals surface area contributed by atoms with E-state index in [4.69, 9.17) is 4.74 Å². The van der Waals surface area contributed by atoms with Crippen LogP contribution in [0.2, 0.25) is 0 Å². The van der Waals surface area contributed by atoms with Crippen molar-refractivity contribution in [3.63, 3.8) is 0 Å². The monoisotopic (exact) mass is 264 g/mol. The van der Waals surface area contributed by atoms with Gasteiger partial charge in [0.15, 0.2) is 0 Å². The second-order valence-corrected chi connectivity index (χ2v) is 6.03. The zero-order chi connectivity index (χ0) is 13.8. The van der Waals surface area contributed by atoms with Gasteiger partial charge < -0.3 is 14.9 Å². The van der Waals surface area contributed by atoms with Gasteiger partial charge in [0.25, 0.3) is 0 Å². The van der Waals surface area contributed by atoms with Crippen LogP contribution in [0.4, 0.5) is 0 Å². The van der Waals surface area contributed by atoms with Crippen molar-refractivity contribution < 1.29 is 19.7 Å². The fourth-order valence-electron chi connectivity index (χ4n) is 4.09. The summed E-state index contributed by atoms with van der Waals surface area (Å²) < 4.78 is 5.43. The molecule has 0 aromatic heterocycles. The van der Waals surface area contributed by atoms with Crippen molar-refractivity contribution in [2.45, 2.75) is 37.4 Å². The average Bonchev–Trinajstić information content (AvgIpc) is 2.83. The van der Waals surface area contributed by atoms with Crippen LogP contribution < -0.4 is 0 Å². The second kappa shape index (κ2) is 4.18. The van der Waals surface area contributed by atoms with Crippen LogP contribution in [0.25, 0.3) is 0 Å². The molecular formula is C15H20O4. The zero-order valence-corrected chi connectivity index (χ0v) is 11.0. The van der Waals surface area contributed by atoms with Gasteiger partial charge in [-0.05, 0) is 31.3 Å². The van der Waals surface area contributed by atoms with E-state index in [1.165, 1.54) is 0 Å². The van der Waals surface area contributed by atoms with Gasteiger partial charge in [-0.15, -0.1) is 0 Å². The molecule has 3 aliphatic rings. The van der Waals surface area contributed by atoms with E-state index in [1.807, 2.05) is 0 Å². The summed E-state index contributed by atoms with van der Waals surface area (Å²) in [7, 11) is 0. The largest absolute Gasteiger partial charge is 0.458 e. The first-order valence-electron chi connectivity index (χ1n) is 6.89. The van der Waals surface area contributed by atoms with E-state index in [0.717, 1.165) is 36.8 Å². The van der Waals surface area contributed by atoms with Crippen LogP contribution >= 0.6 is 0 Å². The van der Waals surface area contributed by atoms with Gasteiger partial charge in [-0.2, -0.15) is 0 Å². The molecule has 3 fully saturated rings. The second-order valence-electron chi connectivity index (χ2n) is 6.03. The third kappa shape index (κ3) is 1.56. The highest BCUT2D eigenvalue weighted by Gasteiger charge is 2.61. The molecule has 19 heavy (non-hydrogen) atoms. The van der Waals surface area contributed by atoms with E-state index in [2.05, 4.69) is 13.2 Å². The van der Waals surface area contributed by atoms with Crippen molar-refractivity contribution in [3.05, 3.63) is 24.3 Å². The number of rotatable bonds is 1. The van der Waals surface area contributed by atoms with Crippen molar-refractivity contribution in [3.8, 4) is 0 Å². The summed E-state index contributed by atoms with van der Waals surface area (Å²) >= 11 is 0. The van der Waals surface area contributed by atoms with Crippen LogP contribution in [0.1, 0.15) is 25.7 Å². The van der Waals surface area contributed by atoms with Crippen LogP contribution in [-0.2, 0) is 9.53 Å². The molecule has 0 amide bonds. The molecule has 0 aromatic rings. The Labute approximate surface area is 112 Å². The van der Waals surface area contributed by atoms with Crippen molar-refractivity contribution in [1.29, 1.82) is 0 Å². The Bertz CT molecular complexity index is 455. The molecule has 4 heteroatoms. The first kappa shape index (κ1) is 12.9. The minimum Gasteiger partial charge on any atom is -0.458 e. The molecule has 5 atom stereocenters. The molecule has 2 saturated carbocycles. The minimum absolute atomic E-state index is 0.0692. The third-order valence-electron chi connectivity index (χ3n) is 5.21.